The van der Waals surface area contributed by atoms with Gasteiger partial charge in [-0.1, -0.05) is 67.6 Å². The summed E-state index contributed by atoms with van der Waals surface area (Å²) in [6.45, 7) is 2.26. The first kappa shape index (κ1) is 19.7. The number of unbranched alkanes of at least 4 members (excludes halogenated alkanes) is 3. The van der Waals surface area contributed by atoms with Gasteiger partial charge in [-0.15, -0.1) is 0 Å². The molecule has 0 fully saturated rings. The lowest BCUT2D eigenvalue weighted by Crippen LogP contribution is -1.87. The molecule has 0 heterocycles. The summed E-state index contributed by atoms with van der Waals surface area (Å²) in [5.41, 5.74) is 1.44. The first-order valence-electron chi connectivity index (χ1n) is 10.8. The molecule has 0 unspecified atom stereocenters. The molecule has 0 saturated carbocycles. The predicted molar refractivity (Wildman–Crippen MR) is 134 cm³/mol. The minimum atomic E-state index is 0.598. The van der Waals surface area contributed by atoms with Crippen molar-refractivity contribution in [3.8, 4) is 0 Å². The molecule has 0 radical (unpaired) electrons. The number of aryl methyl sites for hydroxylation is 1. The van der Waals surface area contributed by atoms with Crippen LogP contribution in [0.1, 0.15) is 38.2 Å². The monoisotopic (exact) mass is 430 g/mol. The summed E-state index contributed by atoms with van der Waals surface area (Å²) in [5.74, 6) is 0. The molecule has 2 heteroatoms. The zero-order chi connectivity index (χ0) is 20.7. The third-order valence-corrected chi connectivity index (χ3v) is 6.85. The van der Waals surface area contributed by atoms with Crippen LogP contribution < -0.4 is 0 Å². The zero-order valence-electron chi connectivity index (χ0n) is 17.1. The Hall–Kier alpha value is -2.28. The average molecular weight is 431 g/mol. The van der Waals surface area contributed by atoms with Crippen LogP contribution in [0.4, 0.5) is 0 Å². The maximum atomic E-state index is 6.24. The maximum absolute atomic E-state index is 6.24. The fourth-order valence-electron chi connectivity index (χ4n) is 4.46. The summed E-state index contributed by atoms with van der Waals surface area (Å²) >= 11 is 12.5. The van der Waals surface area contributed by atoms with Crippen LogP contribution in [0.3, 0.4) is 0 Å². The van der Waals surface area contributed by atoms with Crippen LogP contribution >= 0.6 is 23.2 Å². The molecule has 0 amide bonds. The molecule has 0 saturated heterocycles. The molecule has 0 aliphatic carbocycles. The van der Waals surface area contributed by atoms with Gasteiger partial charge in [0.05, 0.1) is 10.0 Å². The lowest BCUT2D eigenvalue weighted by atomic mass is 9.96. The predicted octanol–water partition coefficient (Wildman–Crippen LogP) is 9.73. The number of hydrogen-bond acceptors (Lipinski definition) is 0. The molecule has 0 spiro atoms. The number of hydrogen-bond donors (Lipinski definition) is 0. The Morgan fingerprint density at radius 2 is 0.967 bits per heavy atom. The van der Waals surface area contributed by atoms with Gasteiger partial charge < -0.3 is 0 Å². The van der Waals surface area contributed by atoms with Gasteiger partial charge >= 0.3 is 0 Å². The molecular weight excluding hydrogens is 407 g/mol. The Balaban J connectivity index is 1.60. The molecule has 0 bridgehead atoms. The van der Waals surface area contributed by atoms with Gasteiger partial charge in [-0.05, 0) is 110 Å². The second-order valence-electron chi connectivity index (χ2n) is 8.36. The molecule has 30 heavy (non-hydrogen) atoms. The standard InChI is InChI=1S/C28H24Cl2/c1-2-3-4-5-6-18-7-8-19-10-21-12-23-14-25-16-27(29)28(30)17-26(25)15-24(23)13-22(21)11-20(19)9-18/h7-17H,2-6H2,1H3. The van der Waals surface area contributed by atoms with Crippen molar-refractivity contribution in [2.45, 2.75) is 39.0 Å². The van der Waals surface area contributed by atoms with Crippen LogP contribution in [0.25, 0.3) is 43.1 Å². The van der Waals surface area contributed by atoms with Crippen LogP contribution in [-0.2, 0) is 6.42 Å². The normalized spacial score (nSPS) is 11.8. The van der Waals surface area contributed by atoms with Crippen LogP contribution in [0.5, 0.6) is 0 Å². The molecule has 150 valence electrons. The van der Waals surface area contributed by atoms with E-state index in [0.29, 0.717) is 10.0 Å². The highest BCUT2D eigenvalue weighted by Crippen LogP contribution is 2.33. The molecular formula is C28H24Cl2. The first-order valence-corrected chi connectivity index (χ1v) is 11.6. The highest BCUT2D eigenvalue weighted by atomic mass is 35.5. The lowest BCUT2D eigenvalue weighted by Gasteiger charge is -2.09. The van der Waals surface area contributed by atoms with Crippen LogP contribution in [0, 0.1) is 0 Å². The fraction of sp³-hybridized carbons (Fsp3) is 0.214. The van der Waals surface area contributed by atoms with Gasteiger partial charge in [-0.3, -0.25) is 0 Å². The van der Waals surface area contributed by atoms with Crippen molar-refractivity contribution in [2.75, 3.05) is 0 Å². The second-order valence-corrected chi connectivity index (χ2v) is 9.17. The van der Waals surface area contributed by atoms with Crippen LogP contribution in [-0.4, -0.2) is 0 Å². The molecule has 0 N–H and O–H groups in total. The first-order chi connectivity index (χ1) is 14.6. The van der Waals surface area contributed by atoms with Gasteiger partial charge in [-0.2, -0.15) is 0 Å². The summed E-state index contributed by atoms with van der Waals surface area (Å²) in [4.78, 5) is 0. The summed E-state index contributed by atoms with van der Waals surface area (Å²) in [5, 5.41) is 11.0. The van der Waals surface area contributed by atoms with Crippen molar-refractivity contribution >= 4 is 66.3 Å². The molecule has 0 atom stereocenters. The molecule has 5 aromatic rings. The largest absolute Gasteiger partial charge is 0.0827 e. The van der Waals surface area contributed by atoms with Crippen molar-refractivity contribution in [1.29, 1.82) is 0 Å². The third kappa shape index (κ3) is 3.75. The van der Waals surface area contributed by atoms with Crippen LogP contribution in [0.15, 0.2) is 66.7 Å². The molecule has 0 aliphatic rings. The summed E-state index contributed by atoms with van der Waals surface area (Å²) in [6.07, 6.45) is 6.38. The van der Waals surface area contributed by atoms with E-state index >= 15 is 0 Å². The molecule has 0 nitrogen and oxygen atoms in total. The molecule has 5 rings (SSSR count). The summed E-state index contributed by atoms with van der Waals surface area (Å²) < 4.78 is 0. The van der Waals surface area contributed by atoms with Crippen molar-refractivity contribution in [3.05, 3.63) is 82.3 Å². The number of benzene rings is 5. The van der Waals surface area contributed by atoms with Gasteiger partial charge in [-0.25, -0.2) is 0 Å². The third-order valence-electron chi connectivity index (χ3n) is 6.13. The van der Waals surface area contributed by atoms with Gasteiger partial charge in [0.25, 0.3) is 0 Å². The van der Waals surface area contributed by atoms with E-state index < -0.39 is 0 Å². The molecule has 5 aromatic carbocycles. The fourth-order valence-corrected chi connectivity index (χ4v) is 4.80. The zero-order valence-corrected chi connectivity index (χ0v) is 18.7. The van der Waals surface area contributed by atoms with E-state index in [1.165, 1.54) is 70.0 Å². The van der Waals surface area contributed by atoms with E-state index in [9.17, 15) is 0 Å². The number of rotatable bonds is 5. The summed E-state index contributed by atoms with van der Waals surface area (Å²) in [7, 11) is 0. The van der Waals surface area contributed by atoms with Gasteiger partial charge in [0.2, 0.25) is 0 Å². The van der Waals surface area contributed by atoms with Crippen molar-refractivity contribution in [2.24, 2.45) is 0 Å². The number of fused-ring (bicyclic) bond motifs is 4. The number of halogens is 2. The Kier molecular flexibility index (Phi) is 5.31. The Bertz CT molecular complexity index is 1400. The lowest BCUT2D eigenvalue weighted by molar-refractivity contribution is 0.667. The van der Waals surface area contributed by atoms with Gasteiger partial charge in [0.15, 0.2) is 0 Å². The topological polar surface area (TPSA) is 0 Å². The van der Waals surface area contributed by atoms with E-state index in [4.69, 9.17) is 23.2 Å². The Morgan fingerprint density at radius 1 is 0.500 bits per heavy atom. The maximum Gasteiger partial charge on any atom is 0.0598 e. The Labute approximate surface area is 187 Å². The van der Waals surface area contributed by atoms with E-state index in [1.807, 2.05) is 12.1 Å². The van der Waals surface area contributed by atoms with Gasteiger partial charge in [0.1, 0.15) is 0 Å². The highest BCUT2D eigenvalue weighted by Gasteiger charge is 2.06. The quantitative estimate of drug-likeness (QED) is 0.192. The highest BCUT2D eigenvalue weighted by molar-refractivity contribution is 6.42. The Morgan fingerprint density at radius 3 is 1.50 bits per heavy atom. The van der Waals surface area contributed by atoms with Crippen LogP contribution in [0.2, 0.25) is 10.0 Å². The smallest absolute Gasteiger partial charge is 0.0598 e. The van der Waals surface area contributed by atoms with Crippen molar-refractivity contribution < 1.29 is 0 Å². The van der Waals surface area contributed by atoms with E-state index in [1.54, 1.807) is 0 Å². The minimum absolute atomic E-state index is 0.598. The minimum Gasteiger partial charge on any atom is -0.0827 e. The van der Waals surface area contributed by atoms with E-state index in [2.05, 4.69) is 61.5 Å². The average Bonchev–Trinajstić information content (AvgIpc) is 2.73. The van der Waals surface area contributed by atoms with Crippen molar-refractivity contribution in [1.82, 2.24) is 0 Å². The van der Waals surface area contributed by atoms with E-state index in [-0.39, 0.29) is 0 Å². The van der Waals surface area contributed by atoms with Gasteiger partial charge in [0, 0.05) is 0 Å². The molecule has 0 aromatic heterocycles. The molecule has 0 aliphatic heterocycles. The van der Waals surface area contributed by atoms with E-state index in [0.717, 1.165) is 10.8 Å². The second kappa shape index (κ2) is 8.10. The SMILES string of the molecule is CCCCCCc1ccc2cc3cc4cc5cc(Cl)c(Cl)cc5cc4cc3cc2c1. The van der Waals surface area contributed by atoms with Crippen molar-refractivity contribution in [3.63, 3.8) is 0 Å². The summed E-state index contributed by atoms with van der Waals surface area (Å²) in [6, 6.07) is 24.5.